The summed E-state index contributed by atoms with van der Waals surface area (Å²) >= 11 is 5.79. The fraction of sp³-hybridized carbons (Fsp3) is 0.333. The summed E-state index contributed by atoms with van der Waals surface area (Å²) < 4.78 is 0. The van der Waals surface area contributed by atoms with E-state index in [0.29, 0.717) is 23.7 Å². The maximum absolute atomic E-state index is 11.9. The van der Waals surface area contributed by atoms with Gasteiger partial charge in [0.1, 0.15) is 5.71 Å². The van der Waals surface area contributed by atoms with Crippen LogP contribution >= 0.6 is 11.6 Å². The molecule has 1 aliphatic rings. The van der Waals surface area contributed by atoms with Crippen molar-refractivity contribution in [2.24, 2.45) is 5.10 Å². The number of hydrazine groups is 1. The van der Waals surface area contributed by atoms with Crippen molar-refractivity contribution in [3.63, 3.8) is 0 Å². The predicted octanol–water partition coefficient (Wildman–Crippen LogP) is 1.82. The predicted molar refractivity (Wildman–Crippen MR) is 72.5 cm³/mol. The number of rotatable bonds is 3. The molecule has 96 valence electrons. The fourth-order valence-electron chi connectivity index (χ4n) is 1.71. The molecule has 6 heteroatoms. The van der Waals surface area contributed by atoms with Crippen molar-refractivity contribution in [3.8, 4) is 0 Å². The molecule has 0 bridgehead atoms. The van der Waals surface area contributed by atoms with E-state index >= 15 is 0 Å². The summed E-state index contributed by atoms with van der Waals surface area (Å²) in [6.07, 6.45) is 0.650. The van der Waals surface area contributed by atoms with E-state index < -0.39 is 0 Å². The third-order valence-corrected chi connectivity index (χ3v) is 2.94. The summed E-state index contributed by atoms with van der Waals surface area (Å²) in [7, 11) is 3.68. The molecular formula is C12H15ClN4O. The summed E-state index contributed by atoms with van der Waals surface area (Å²) in [6, 6.07) is 7.17. The second-order valence-electron chi connectivity index (χ2n) is 4.20. The van der Waals surface area contributed by atoms with E-state index in [4.69, 9.17) is 11.6 Å². The molecule has 0 aliphatic carbocycles. The quantitative estimate of drug-likeness (QED) is 0.849. The standard InChI is InChI=1S/C12H15ClN4O/c1-16(2)17-8-7-11(12(17)18)15-14-10-5-3-9(13)4-6-10/h3-6,14H,7-8H2,1-2H3/b15-11+. The van der Waals surface area contributed by atoms with Crippen LogP contribution in [0.4, 0.5) is 5.69 Å². The molecule has 0 spiro atoms. The summed E-state index contributed by atoms with van der Waals surface area (Å²) in [6.45, 7) is 0.674. The van der Waals surface area contributed by atoms with Gasteiger partial charge in [-0.15, -0.1) is 0 Å². The molecule has 1 aromatic carbocycles. The Morgan fingerprint density at radius 1 is 1.33 bits per heavy atom. The van der Waals surface area contributed by atoms with Gasteiger partial charge in [0.2, 0.25) is 0 Å². The van der Waals surface area contributed by atoms with Crippen molar-refractivity contribution in [1.82, 2.24) is 10.0 Å². The van der Waals surface area contributed by atoms with E-state index in [0.717, 1.165) is 5.69 Å². The van der Waals surface area contributed by atoms with Crippen LogP contribution in [0.15, 0.2) is 29.4 Å². The van der Waals surface area contributed by atoms with Crippen LogP contribution in [0.1, 0.15) is 6.42 Å². The number of amides is 1. The highest BCUT2D eigenvalue weighted by atomic mass is 35.5. The van der Waals surface area contributed by atoms with E-state index in [1.807, 2.05) is 26.2 Å². The van der Waals surface area contributed by atoms with Gasteiger partial charge in [-0.25, -0.2) is 5.01 Å². The molecule has 1 heterocycles. The van der Waals surface area contributed by atoms with Gasteiger partial charge in [0.05, 0.1) is 5.69 Å². The third kappa shape index (κ3) is 2.80. The maximum Gasteiger partial charge on any atom is 0.284 e. The Kier molecular flexibility index (Phi) is 3.84. The zero-order valence-corrected chi connectivity index (χ0v) is 11.1. The molecule has 0 atom stereocenters. The molecule has 1 saturated heterocycles. The van der Waals surface area contributed by atoms with Gasteiger partial charge in [0.15, 0.2) is 0 Å². The molecule has 0 aromatic heterocycles. The summed E-state index contributed by atoms with van der Waals surface area (Å²) in [5.41, 5.74) is 4.22. The van der Waals surface area contributed by atoms with E-state index in [9.17, 15) is 4.79 Å². The number of nitrogens with one attached hydrogen (secondary N) is 1. The van der Waals surface area contributed by atoms with Gasteiger partial charge in [0, 0.05) is 32.1 Å². The van der Waals surface area contributed by atoms with Gasteiger partial charge in [-0.1, -0.05) is 11.6 Å². The molecule has 18 heavy (non-hydrogen) atoms. The smallest absolute Gasteiger partial charge is 0.278 e. The molecule has 1 N–H and O–H groups in total. The van der Waals surface area contributed by atoms with Crippen LogP contribution in [-0.4, -0.2) is 42.3 Å². The largest absolute Gasteiger partial charge is 0.284 e. The molecule has 1 aromatic rings. The van der Waals surface area contributed by atoms with Crippen molar-refractivity contribution in [2.75, 3.05) is 26.1 Å². The van der Waals surface area contributed by atoms with Crippen molar-refractivity contribution in [2.45, 2.75) is 6.42 Å². The minimum absolute atomic E-state index is 0.0542. The first-order valence-electron chi connectivity index (χ1n) is 5.65. The molecule has 5 nitrogen and oxygen atoms in total. The second kappa shape index (κ2) is 5.37. The van der Waals surface area contributed by atoms with Crippen molar-refractivity contribution >= 4 is 28.9 Å². The summed E-state index contributed by atoms with van der Waals surface area (Å²) in [5.74, 6) is -0.0542. The Morgan fingerprint density at radius 2 is 2.00 bits per heavy atom. The molecule has 2 rings (SSSR count). The number of halogens is 1. The van der Waals surface area contributed by atoms with Crippen LogP contribution in [0.25, 0.3) is 0 Å². The highest BCUT2D eigenvalue weighted by molar-refractivity contribution is 6.40. The lowest BCUT2D eigenvalue weighted by Gasteiger charge is -2.22. The van der Waals surface area contributed by atoms with Crippen LogP contribution in [0.5, 0.6) is 0 Å². The Balaban J connectivity index is 2.02. The fourth-order valence-corrected chi connectivity index (χ4v) is 1.84. The zero-order chi connectivity index (χ0) is 13.1. The van der Waals surface area contributed by atoms with Crippen LogP contribution in [0, 0.1) is 0 Å². The molecular weight excluding hydrogens is 252 g/mol. The molecule has 1 amide bonds. The number of anilines is 1. The van der Waals surface area contributed by atoms with Crippen LogP contribution in [0.2, 0.25) is 5.02 Å². The lowest BCUT2D eigenvalue weighted by Crippen LogP contribution is -2.39. The maximum atomic E-state index is 11.9. The number of nitrogens with zero attached hydrogens (tertiary/aromatic N) is 3. The Bertz CT molecular complexity index is 469. The lowest BCUT2D eigenvalue weighted by atomic mass is 10.3. The monoisotopic (exact) mass is 266 g/mol. The van der Waals surface area contributed by atoms with Gasteiger partial charge in [-0.3, -0.25) is 15.2 Å². The number of hydrogen-bond acceptors (Lipinski definition) is 4. The molecule has 0 radical (unpaired) electrons. The van der Waals surface area contributed by atoms with Gasteiger partial charge >= 0.3 is 0 Å². The highest BCUT2D eigenvalue weighted by Crippen LogP contribution is 2.14. The molecule has 0 saturated carbocycles. The minimum atomic E-state index is -0.0542. The number of hydrazone groups is 1. The SMILES string of the molecule is CN(C)N1CC/C(=N\Nc2ccc(Cl)cc2)C1=O. The van der Waals surface area contributed by atoms with Gasteiger partial charge < -0.3 is 0 Å². The van der Waals surface area contributed by atoms with E-state index in [-0.39, 0.29) is 5.91 Å². The number of carbonyl (C=O) groups is 1. The highest BCUT2D eigenvalue weighted by Gasteiger charge is 2.29. The number of benzene rings is 1. The first-order chi connectivity index (χ1) is 8.58. The van der Waals surface area contributed by atoms with Crippen molar-refractivity contribution < 1.29 is 4.79 Å². The van der Waals surface area contributed by atoms with Crippen LogP contribution in [-0.2, 0) is 4.79 Å². The normalized spacial score (nSPS) is 17.9. The average molecular weight is 267 g/mol. The second-order valence-corrected chi connectivity index (χ2v) is 4.64. The van der Waals surface area contributed by atoms with Gasteiger partial charge in [-0.05, 0) is 24.3 Å². The number of carbonyl (C=O) groups excluding carboxylic acids is 1. The third-order valence-electron chi connectivity index (χ3n) is 2.69. The van der Waals surface area contributed by atoms with Crippen LogP contribution < -0.4 is 5.43 Å². The Labute approximate surface area is 111 Å². The molecule has 0 unspecified atom stereocenters. The number of hydrogen-bond donors (Lipinski definition) is 1. The summed E-state index contributed by atoms with van der Waals surface area (Å²) in [4.78, 5) is 11.9. The van der Waals surface area contributed by atoms with Gasteiger partial charge in [0.25, 0.3) is 5.91 Å². The minimum Gasteiger partial charge on any atom is -0.278 e. The van der Waals surface area contributed by atoms with Crippen molar-refractivity contribution in [1.29, 1.82) is 0 Å². The Morgan fingerprint density at radius 3 is 2.56 bits per heavy atom. The van der Waals surface area contributed by atoms with E-state index in [1.165, 1.54) is 0 Å². The zero-order valence-electron chi connectivity index (χ0n) is 10.4. The first-order valence-corrected chi connectivity index (χ1v) is 6.03. The molecule has 1 aliphatic heterocycles. The lowest BCUT2D eigenvalue weighted by molar-refractivity contribution is -0.134. The topological polar surface area (TPSA) is 47.9 Å². The van der Waals surface area contributed by atoms with E-state index in [2.05, 4.69) is 10.5 Å². The Hall–Kier alpha value is -1.59. The molecule has 1 fully saturated rings. The van der Waals surface area contributed by atoms with Crippen molar-refractivity contribution in [3.05, 3.63) is 29.3 Å². The average Bonchev–Trinajstić information content (AvgIpc) is 2.70. The first kappa shape index (κ1) is 12.9. The van der Waals surface area contributed by atoms with Crippen LogP contribution in [0.3, 0.4) is 0 Å². The van der Waals surface area contributed by atoms with E-state index in [1.54, 1.807) is 22.2 Å². The summed E-state index contributed by atoms with van der Waals surface area (Å²) in [5, 5.41) is 8.24. The van der Waals surface area contributed by atoms with Gasteiger partial charge in [-0.2, -0.15) is 5.10 Å².